The zero-order valence-corrected chi connectivity index (χ0v) is 19.5. The van der Waals surface area contributed by atoms with Gasteiger partial charge in [-0.3, -0.25) is 4.79 Å². The predicted octanol–water partition coefficient (Wildman–Crippen LogP) is 2.66. The van der Waals surface area contributed by atoms with E-state index in [0.29, 0.717) is 12.8 Å². The second-order valence-electron chi connectivity index (χ2n) is 9.02. The smallest absolute Gasteiger partial charge is 0.280 e. The summed E-state index contributed by atoms with van der Waals surface area (Å²) in [6, 6.07) is 6.94. The highest BCUT2D eigenvalue weighted by atomic mass is 32.2. The zero-order chi connectivity index (χ0) is 24.8. The molecule has 1 saturated carbocycles. The number of piperidine rings is 2. The highest BCUT2D eigenvalue weighted by Crippen LogP contribution is 2.44. The molecule has 2 N–H and O–H groups in total. The fourth-order valence-corrected chi connectivity index (χ4v) is 5.84. The van der Waals surface area contributed by atoms with Crippen LogP contribution in [0.1, 0.15) is 37.4 Å². The molecule has 2 aromatic rings. The van der Waals surface area contributed by atoms with Gasteiger partial charge < -0.3 is 10.0 Å². The molecule has 3 fully saturated rings. The summed E-state index contributed by atoms with van der Waals surface area (Å²) in [6.45, 7) is 1.34. The summed E-state index contributed by atoms with van der Waals surface area (Å²) in [7, 11) is -3.63. The van der Waals surface area contributed by atoms with Crippen molar-refractivity contribution in [1.82, 2.24) is 14.6 Å². The molecule has 1 aromatic heterocycles. The van der Waals surface area contributed by atoms with Crippen molar-refractivity contribution in [1.29, 1.82) is 0 Å². The lowest BCUT2D eigenvalue weighted by molar-refractivity contribution is -0.157. The second kappa shape index (κ2) is 9.27. The van der Waals surface area contributed by atoms with E-state index in [1.165, 1.54) is 36.1 Å². The highest BCUT2D eigenvalue weighted by Gasteiger charge is 2.53. The maximum Gasteiger partial charge on any atom is 0.280 e. The Morgan fingerprint density at radius 1 is 1.24 bits per heavy atom. The van der Waals surface area contributed by atoms with Crippen LogP contribution in [0.4, 0.5) is 13.2 Å². The van der Waals surface area contributed by atoms with Crippen molar-refractivity contribution < 1.29 is 31.5 Å². The Morgan fingerprint density at radius 3 is 2.53 bits per heavy atom. The number of benzene rings is 1. The van der Waals surface area contributed by atoms with Crippen LogP contribution in [0.5, 0.6) is 0 Å². The molecule has 7 nitrogen and oxygen atoms in total. The fourth-order valence-electron chi connectivity index (χ4n) is 5.00. The number of hydrogen-bond acceptors (Lipinski definition) is 5. The molecule has 1 aliphatic carbocycles. The Balaban J connectivity index is 1.72. The fraction of sp³-hybridized carbons (Fsp3) is 0.478. The van der Waals surface area contributed by atoms with Gasteiger partial charge in [-0.2, -0.15) is 0 Å². The average molecular weight is 498 g/mol. The molecule has 1 amide bonds. The van der Waals surface area contributed by atoms with Crippen LogP contribution in [-0.4, -0.2) is 59.8 Å². The largest absolute Gasteiger partial charge is 0.384 e. The normalized spacial score (nSPS) is 25.2. The Bertz CT molecular complexity index is 1190. The van der Waals surface area contributed by atoms with Gasteiger partial charge in [-0.1, -0.05) is 18.2 Å². The Labute approximate surface area is 196 Å². The number of aromatic nitrogens is 1. The van der Waals surface area contributed by atoms with Crippen molar-refractivity contribution >= 4 is 15.9 Å². The number of aliphatic hydroxyl groups excluding tert-OH is 1. The maximum atomic E-state index is 15.6. The number of carbonyl (C=O) groups excluding carboxylic acids is 1. The van der Waals surface area contributed by atoms with Crippen molar-refractivity contribution in [3.8, 4) is 11.3 Å². The Kier molecular flexibility index (Phi) is 6.71. The van der Waals surface area contributed by atoms with Gasteiger partial charge in [0.05, 0.1) is 18.0 Å². The van der Waals surface area contributed by atoms with Crippen LogP contribution >= 0.6 is 0 Å². The minimum Gasteiger partial charge on any atom is -0.384 e. The van der Waals surface area contributed by atoms with E-state index in [0.717, 1.165) is 12.3 Å². The standard InChI is InChI=1S/C23H26F3N3O4S/c1-12(30)23(31)29-15-9-14(10-15)21(28-34(2,32)33)19(29)11-13-5-3-6-16(20(13)24)17-7-4-8-18(27-17)22(25)26/h3-8,12,14-15,19,21-22,28,30H,9-11H2,1-2H3/t12-,14?,15?,19+,21+/m1/s1. The molecule has 2 bridgehead atoms. The predicted molar refractivity (Wildman–Crippen MR) is 119 cm³/mol. The van der Waals surface area contributed by atoms with E-state index in [-0.39, 0.29) is 35.2 Å². The summed E-state index contributed by atoms with van der Waals surface area (Å²) in [5.74, 6) is -1.24. The molecule has 2 aliphatic heterocycles. The van der Waals surface area contributed by atoms with Crippen molar-refractivity contribution in [2.75, 3.05) is 6.26 Å². The van der Waals surface area contributed by atoms with Gasteiger partial charge in [0.15, 0.2) is 0 Å². The number of fused-ring (bicyclic) bond motifs is 2. The Morgan fingerprint density at radius 2 is 1.91 bits per heavy atom. The lowest BCUT2D eigenvalue weighted by Gasteiger charge is -2.58. The molecule has 0 radical (unpaired) electrons. The lowest BCUT2D eigenvalue weighted by Crippen LogP contribution is -2.71. The molecule has 0 spiro atoms. The monoisotopic (exact) mass is 497 g/mol. The van der Waals surface area contributed by atoms with E-state index in [4.69, 9.17) is 0 Å². The number of nitrogens with one attached hydrogen (secondary N) is 1. The summed E-state index contributed by atoms with van der Waals surface area (Å²) >= 11 is 0. The zero-order valence-electron chi connectivity index (χ0n) is 18.7. The first-order valence-electron chi connectivity index (χ1n) is 11.0. The van der Waals surface area contributed by atoms with Gasteiger partial charge in [0, 0.05) is 17.6 Å². The molecule has 3 heterocycles. The SMILES string of the molecule is C[C@@H](O)C(=O)N1C2CC(C2)[C@H](NS(C)(=O)=O)[C@@H]1Cc1cccc(-c2cccc(C(F)F)n2)c1F. The van der Waals surface area contributed by atoms with E-state index in [1.807, 2.05) is 0 Å². The number of hydrogen-bond donors (Lipinski definition) is 2. The molecule has 0 unspecified atom stereocenters. The summed E-state index contributed by atoms with van der Waals surface area (Å²) < 4.78 is 68.5. The quantitative estimate of drug-likeness (QED) is 0.613. The molecule has 34 heavy (non-hydrogen) atoms. The van der Waals surface area contributed by atoms with Crippen LogP contribution in [0.25, 0.3) is 11.3 Å². The van der Waals surface area contributed by atoms with Crippen molar-refractivity contribution in [3.05, 3.63) is 53.5 Å². The number of nitrogens with zero attached hydrogens (tertiary/aromatic N) is 2. The first kappa shape index (κ1) is 24.6. The summed E-state index contributed by atoms with van der Waals surface area (Å²) in [6.07, 6.45) is -1.91. The molecular formula is C23H26F3N3O4S. The van der Waals surface area contributed by atoms with Crippen molar-refractivity contribution in [2.24, 2.45) is 5.92 Å². The molecule has 3 aliphatic rings. The molecule has 3 atom stereocenters. The number of aliphatic hydroxyl groups is 1. The summed E-state index contributed by atoms with van der Waals surface area (Å²) in [5, 5.41) is 9.96. The number of sulfonamides is 1. The van der Waals surface area contributed by atoms with Crippen LogP contribution in [0.2, 0.25) is 0 Å². The molecule has 1 aromatic carbocycles. The molecule has 5 rings (SSSR count). The number of rotatable bonds is 7. The Hall–Kier alpha value is -2.50. The van der Waals surface area contributed by atoms with Gasteiger partial charge in [0.2, 0.25) is 10.0 Å². The lowest BCUT2D eigenvalue weighted by atomic mass is 9.66. The maximum absolute atomic E-state index is 15.6. The third-order valence-electron chi connectivity index (χ3n) is 6.56. The topological polar surface area (TPSA) is 99.6 Å². The molecular weight excluding hydrogens is 471 g/mol. The van der Waals surface area contributed by atoms with Gasteiger partial charge in [0.25, 0.3) is 12.3 Å². The van der Waals surface area contributed by atoms with Crippen LogP contribution < -0.4 is 4.72 Å². The third kappa shape index (κ3) is 4.82. The van der Waals surface area contributed by atoms with E-state index in [2.05, 4.69) is 9.71 Å². The molecule has 11 heteroatoms. The van der Waals surface area contributed by atoms with Gasteiger partial charge in [0.1, 0.15) is 17.6 Å². The van der Waals surface area contributed by atoms with Gasteiger partial charge in [-0.25, -0.2) is 31.3 Å². The van der Waals surface area contributed by atoms with E-state index >= 15 is 4.39 Å². The summed E-state index contributed by atoms with van der Waals surface area (Å²) in [4.78, 5) is 18.2. The van der Waals surface area contributed by atoms with Crippen molar-refractivity contribution in [2.45, 2.75) is 56.8 Å². The average Bonchev–Trinajstić information content (AvgIpc) is 2.73. The van der Waals surface area contributed by atoms with Gasteiger partial charge in [-0.15, -0.1) is 0 Å². The number of pyridine rings is 1. The number of carbonyl (C=O) groups is 1. The first-order valence-corrected chi connectivity index (χ1v) is 12.9. The van der Waals surface area contributed by atoms with Crippen LogP contribution in [0.15, 0.2) is 36.4 Å². The number of amides is 1. The number of halogens is 3. The minimum atomic E-state index is -3.63. The number of alkyl halides is 2. The van der Waals surface area contributed by atoms with E-state index in [9.17, 15) is 27.1 Å². The van der Waals surface area contributed by atoms with Gasteiger partial charge in [-0.05, 0) is 55.9 Å². The van der Waals surface area contributed by atoms with E-state index in [1.54, 1.807) is 6.07 Å². The van der Waals surface area contributed by atoms with Crippen LogP contribution in [0, 0.1) is 11.7 Å². The molecule has 2 saturated heterocycles. The van der Waals surface area contributed by atoms with Crippen LogP contribution in [0.3, 0.4) is 0 Å². The summed E-state index contributed by atoms with van der Waals surface area (Å²) in [5.41, 5.74) is -0.203. The molecule has 184 valence electrons. The third-order valence-corrected chi connectivity index (χ3v) is 7.26. The minimum absolute atomic E-state index is 0.0154. The second-order valence-corrected chi connectivity index (χ2v) is 10.8. The van der Waals surface area contributed by atoms with Gasteiger partial charge >= 0.3 is 0 Å². The first-order chi connectivity index (χ1) is 16.0. The van der Waals surface area contributed by atoms with E-state index < -0.39 is 52.1 Å². The van der Waals surface area contributed by atoms with Crippen molar-refractivity contribution in [3.63, 3.8) is 0 Å². The highest BCUT2D eigenvalue weighted by molar-refractivity contribution is 7.88. The van der Waals surface area contributed by atoms with Crippen LogP contribution in [-0.2, 0) is 21.2 Å².